The molecular weight excluding hydrogens is 250 g/mol. The second kappa shape index (κ2) is 9.37. The number of carbonyl (C=O) groups is 1. The van der Waals surface area contributed by atoms with Gasteiger partial charge in [0.05, 0.1) is 5.56 Å². The fourth-order valence-corrected chi connectivity index (χ4v) is 2.19. The Hall–Kier alpha value is -1.55. The molecular formula is C16H27N3O. The van der Waals surface area contributed by atoms with Crippen LogP contribution in [0.25, 0.3) is 0 Å². The van der Waals surface area contributed by atoms with Gasteiger partial charge in [-0.3, -0.25) is 4.79 Å². The van der Waals surface area contributed by atoms with Crippen molar-refractivity contribution in [1.29, 1.82) is 0 Å². The van der Waals surface area contributed by atoms with Gasteiger partial charge >= 0.3 is 0 Å². The third-order valence-electron chi connectivity index (χ3n) is 3.24. The Morgan fingerprint density at radius 2 is 1.90 bits per heavy atom. The highest BCUT2D eigenvalue weighted by Gasteiger charge is 2.10. The minimum Gasteiger partial charge on any atom is -0.385 e. The average molecular weight is 277 g/mol. The Balaban J connectivity index is 2.50. The lowest BCUT2D eigenvalue weighted by Gasteiger charge is -2.19. The molecule has 20 heavy (non-hydrogen) atoms. The highest BCUT2D eigenvalue weighted by molar-refractivity contribution is 5.99. The van der Waals surface area contributed by atoms with Gasteiger partial charge in [0.15, 0.2) is 0 Å². The van der Waals surface area contributed by atoms with Gasteiger partial charge in [-0.05, 0) is 38.6 Å². The molecule has 2 N–H and O–H groups in total. The molecule has 1 aromatic rings. The molecule has 0 saturated heterocycles. The van der Waals surface area contributed by atoms with Crippen molar-refractivity contribution in [2.75, 3.05) is 38.0 Å². The fraction of sp³-hybridized carbons (Fsp3) is 0.562. The van der Waals surface area contributed by atoms with E-state index in [2.05, 4.69) is 29.4 Å². The Labute approximate surface area is 122 Å². The molecule has 112 valence electrons. The van der Waals surface area contributed by atoms with E-state index in [-0.39, 0.29) is 5.91 Å². The van der Waals surface area contributed by atoms with E-state index < -0.39 is 0 Å². The second-order valence-electron chi connectivity index (χ2n) is 4.77. The van der Waals surface area contributed by atoms with E-state index in [1.54, 1.807) is 0 Å². The van der Waals surface area contributed by atoms with Crippen LogP contribution in [0.5, 0.6) is 0 Å². The van der Waals surface area contributed by atoms with E-state index in [0.29, 0.717) is 12.1 Å². The number of para-hydroxylation sites is 1. The zero-order valence-corrected chi connectivity index (χ0v) is 12.9. The summed E-state index contributed by atoms with van der Waals surface area (Å²) in [5, 5.41) is 6.22. The molecule has 0 unspecified atom stereocenters. The first-order valence-corrected chi connectivity index (χ1v) is 7.56. The maximum Gasteiger partial charge on any atom is 0.253 e. The number of hydrogen-bond acceptors (Lipinski definition) is 3. The van der Waals surface area contributed by atoms with Crippen molar-refractivity contribution in [3.05, 3.63) is 29.8 Å². The zero-order chi connectivity index (χ0) is 14.8. The highest BCUT2D eigenvalue weighted by Crippen LogP contribution is 2.14. The fourth-order valence-electron chi connectivity index (χ4n) is 2.19. The number of likely N-dealkylation sites (N-methyl/N-ethyl adjacent to an activating group) is 1. The summed E-state index contributed by atoms with van der Waals surface area (Å²) in [7, 11) is 0. The van der Waals surface area contributed by atoms with Gasteiger partial charge in [0.1, 0.15) is 0 Å². The Bertz CT molecular complexity index is 406. The maximum atomic E-state index is 12.2. The molecule has 0 aliphatic heterocycles. The third-order valence-corrected chi connectivity index (χ3v) is 3.24. The normalized spacial score (nSPS) is 10.6. The molecule has 0 saturated carbocycles. The molecule has 1 aromatic carbocycles. The number of nitrogens with zero attached hydrogens (tertiary/aromatic N) is 1. The van der Waals surface area contributed by atoms with E-state index in [1.807, 2.05) is 31.2 Å². The minimum atomic E-state index is -0.00546. The molecule has 0 bridgehead atoms. The van der Waals surface area contributed by atoms with Crippen molar-refractivity contribution in [3.8, 4) is 0 Å². The predicted molar refractivity (Wildman–Crippen MR) is 85.3 cm³/mol. The van der Waals surface area contributed by atoms with Gasteiger partial charge in [-0.15, -0.1) is 0 Å². The molecule has 1 amide bonds. The lowest BCUT2D eigenvalue weighted by Crippen LogP contribution is -2.35. The summed E-state index contributed by atoms with van der Waals surface area (Å²) >= 11 is 0. The lowest BCUT2D eigenvalue weighted by molar-refractivity contribution is 0.0949. The van der Waals surface area contributed by atoms with Crippen LogP contribution in [0.3, 0.4) is 0 Å². The van der Waals surface area contributed by atoms with Gasteiger partial charge < -0.3 is 15.5 Å². The van der Waals surface area contributed by atoms with Gasteiger partial charge in [-0.1, -0.05) is 26.0 Å². The number of carbonyl (C=O) groups excluding carboxylic acids is 1. The van der Waals surface area contributed by atoms with Crippen LogP contribution in [0.4, 0.5) is 5.69 Å². The summed E-state index contributed by atoms with van der Waals surface area (Å²) in [6, 6.07) is 7.63. The number of hydrogen-bond donors (Lipinski definition) is 2. The van der Waals surface area contributed by atoms with Crippen molar-refractivity contribution in [2.24, 2.45) is 0 Å². The topological polar surface area (TPSA) is 44.4 Å². The maximum absolute atomic E-state index is 12.2. The molecule has 1 rings (SSSR count). The SMILES string of the molecule is CCCN(CC)CCNC(=O)c1ccccc1NCC. The first kappa shape index (κ1) is 16.5. The smallest absolute Gasteiger partial charge is 0.253 e. The number of amides is 1. The van der Waals surface area contributed by atoms with Crippen molar-refractivity contribution in [2.45, 2.75) is 27.2 Å². The van der Waals surface area contributed by atoms with E-state index in [1.165, 1.54) is 0 Å². The Morgan fingerprint density at radius 1 is 1.15 bits per heavy atom. The summed E-state index contributed by atoms with van der Waals surface area (Å²) in [6.45, 7) is 10.9. The molecule has 0 radical (unpaired) electrons. The van der Waals surface area contributed by atoms with Crippen LogP contribution in [-0.2, 0) is 0 Å². The van der Waals surface area contributed by atoms with Crippen LogP contribution in [0.2, 0.25) is 0 Å². The molecule has 0 aliphatic rings. The summed E-state index contributed by atoms with van der Waals surface area (Å²) in [6.07, 6.45) is 1.14. The number of benzene rings is 1. The van der Waals surface area contributed by atoms with E-state index >= 15 is 0 Å². The van der Waals surface area contributed by atoms with Gasteiger partial charge in [-0.2, -0.15) is 0 Å². The summed E-state index contributed by atoms with van der Waals surface area (Å²) in [4.78, 5) is 14.5. The van der Waals surface area contributed by atoms with E-state index in [9.17, 15) is 4.79 Å². The molecule has 0 spiro atoms. The summed E-state index contributed by atoms with van der Waals surface area (Å²) < 4.78 is 0. The summed E-state index contributed by atoms with van der Waals surface area (Å²) in [5.41, 5.74) is 1.61. The molecule has 4 heteroatoms. The first-order valence-electron chi connectivity index (χ1n) is 7.56. The Morgan fingerprint density at radius 3 is 2.55 bits per heavy atom. The van der Waals surface area contributed by atoms with Crippen molar-refractivity contribution < 1.29 is 4.79 Å². The number of nitrogens with one attached hydrogen (secondary N) is 2. The summed E-state index contributed by atoms with van der Waals surface area (Å²) in [5.74, 6) is -0.00546. The van der Waals surface area contributed by atoms with Crippen molar-refractivity contribution >= 4 is 11.6 Å². The van der Waals surface area contributed by atoms with Crippen LogP contribution in [0, 0.1) is 0 Å². The van der Waals surface area contributed by atoms with Gasteiger partial charge in [0.25, 0.3) is 5.91 Å². The first-order chi connectivity index (χ1) is 9.72. The quantitative estimate of drug-likeness (QED) is 0.729. The zero-order valence-electron chi connectivity index (χ0n) is 12.9. The van der Waals surface area contributed by atoms with Gasteiger partial charge in [0, 0.05) is 25.3 Å². The number of rotatable bonds is 9. The van der Waals surface area contributed by atoms with Crippen LogP contribution in [0.1, 0.15) is 37.6 Å². The van der Waals surface area contributed by atoms with Gasteiger partial charge in [-0.25, -0.2) is 0 Å². The monoisotopic (exact) mass is 277 g/mol. The standard InChI is InChI=1S/C16H27N3O/c1-4-12-19(6-3)13-11-18-16(20)14-9-7-8-10-15(14)17-5-2/h7-10,17H,4-6,11-13H2,1-3H3,(H,18,20). The van der Waals surface area contributed by atoms with Gasteiger partial charge in [0.2, 0.25) is 0 Å². The highest BCUT2D eigenvalue weighted by atomic mass is 16.1. The minimum absolute atomic E-state index is 0.00546. The molecule has 0 aromatic heterocycles. The van der Waals surface area contributed by atoms with Crippen LogP contribution < -0.4 is 10.6 Å². The average Bonchev–Trinajstić information content (AvgIpc) is 2.47. The molecule has 0 aliphatic carbocycles. The van der Waals surface area contributed by atoms with Crippen LogP contribution >= 0.6 is 0 Å². The second-order valence-corrected chi connectivity index (χ2v) is 4.77. The Kier molecular flexibility index (Phi) is 7.73. The lowest BCUT2D eigenvalue weighted by atomic mass is 10.1. The number of anilines is 1. The largest absolute Gasteiger partial charge is 0.385 e. The van der Waals surface area contributed by atoms with Crippen LogP contribution in [-0.4, -0.2) is 43.5 Å². The van der Waals surface area contributed by atoms with E-state index in [4.69, 9.17) is 0 Å². The predicted octanol–water partition coefficient (Wildman–Crippen LogP) is 2.58. The molecule has 4 nitrogen and oxygen atoms in total. The molecule has 0 atom stereocenters. The third kappa shape index (κ3) is 5.21. The molecule has 0 heterocycles. The van der Waals surface area contributed by atoms with Crippen LogP contribution in [0.15, 0.2) is 24.3 Å². The van der Waals surface area contributed by atoms with Crippen molar-refractivity contribution in [3.63, 3.8) is 0 Å². The van der Waals surface area contributed by atoms with Crippen molar-refractivity contribution in [1.82, 2.24) is 10.2 Å². The molecule has 0 fully saturated rings. The van der Waals surface area contributed by atoms with E-state index in [0.717, 1.165) is 38.3 Å².